The van der Waals surface area contributed by atoms with Crippen molar-refractivity contribution in [2.24, 2.45) is 0 Å². The molecule has 0 radical (unpaired) electrons. The molecule has 2 aliphatic heterocycles. The maximum Gasteiger partial charge on any atom is 2.00 e. The Hall–Kier alpha value is -4.06. The van der Waals surface area contributed by atoms with Gasteiger partial charge in [0, 0.05) is 51.7 Å². The second kappa shape index (κ2) is 22.0. The number of benzene rings is 4. The molecule has 2 aromatic heterocycles. The van der Waals surface area contributed by atoms with Gasteiger partial charge in [0.05, 0.1) is 11.4 Å². The molecule has 0 amide bonds. The van der Waals surface area contributed by atoms with Crippen molar-refractivity contribution in [2.75, 3.05) is 0 Å². The average molecular weight is 856 g/mol. The molecular weight excluding hydrogens is 817 g/mol. The normalized spacial score (nSPS) is 13.1. The number of pyridine rings is 2. The van der Waals surface area contributed by atoms with Gasteiger partial charge in [0.1, 0.15) is 0 Å². The number of hydrogen-bond donors (Lipinski definition) is 0. The van der Waals surface area contributed by atoms with Crippen LogP contribution in [0.2, 0.25) is 0 Å². The Bertz CT molecular complexity index is 1820. The fourth-order valence-electron chi connectivity index (χ4n) is 6.42. The van der Waals surface area contributed by atoms with Gasteiger partial charge in [0.15, 0.2) is 0 Å². The van der Waals surface area contributed by atoms with Gasteiger partial charge in [0.25, 0.3) is 0 Å². The molecule has 8 rings (SSSR count). The van der Waals surface area contributed by atoms with E-state index in [0.29, 0.717) is 0 Å². The van der Waals surface area contributed by atoms with E-state index in [9.17, 15) is 0 Å². The van der Waals surface area contributed by atoms with E-state index >= 15 is 0 Å². The van der Waals surface area contributed by atoms with Gasteiger partial charge in [-0.1, -0.05) is 109 Å². The Kier molecular flexibility index (Phi) is 18.2. The van der Waals surface area contributed by atoms with Crippen LogP contribution in [-0.4, -0.2) is 19.8 Å². The van der Waals surface area contributed by atoms with Crippen LogP contribution >= 0.6 is 0 Å². The van der Waals surface area contributed by atoms with E-state index in [2.05, 4.69) is 141 Å². The predicted octanol–water partition coefficient (Wildman–Crippen LogP) is -1.91. The van der Waals surface area contributed by atoms with E-state index in [1.807, 2.05) is 24.5 Å². The van der Waals surface area contributed by atoms with E-state index in [1.165, 1.54) is 44.5 Å². The summed E-state index contributed by atoms with van der Waals surface area (Å²) in [5.41, 5.74) is 13.3. The molecule has 4 aromatic carbocycles. The largest absolute Gasteiger partial charge is 2.00 e. The third-order valence-corrected chi connectivity index (χ3v) is 8.45. The first kappa shape index (κ1) is 46.3. The van der Waals surface area contributed by atoms with Crippen molar-refractivity contribution in [1.29, 1.82) is 0 Å². The van der Waals surface area contributed by atoms with Crippen LogP contribution in [0.25, 0.3) is 22.3 Å². The average Bonchev–Trinajstić information content (AvgIpc) is 3.38. The maximum absolute atomic E-state index is 8.49. The number of nitrogens with zero attached hydrogens (tertiary/aromatic N) is 4. The van der Waals surface area contributed by atoms with E-state index in [4.69, 9.17) is 37.3 Å². The first-order valence-corrected chi connectivity index (χ1v) is 19.1. The molecular formula is C40H39Cl2N4O9Zn+. The Labute approximate surface area is 342 Å². The van der Waals surface area contributed by atoms with E-state index in [0.717, 1.165) is 50.7 Å². The van der Waals surface area contributed by atoms with Crippen LogP contribution in [0.5, 0.6) is 0 Å². The zero-order valence-corrected chi connectivity index (χ0v) is 34.7. The topological polar surface area (TPSA) is 250 Å². The Morgan fingerprint density at radius 2 is 0.625 bits per heavy atom. The van der Waals surface area contributed by atoms with Gasteiger partial charge in [0.2, 0.25) is 0 Å². The van der Waals surface area contributed by atoms with Crippen LogP contribution in [0.3, 0.4) is 0 Å². The molecule has 0 spiro atoms. The van der Waals surface area contributed by atoms with Crippen LogP contribution in [0.1, 0.15) is 33.6 Å². The Balaban J connectivity index is 0.000000236. The molecule has 3 N–H and O–H groups in total. The number of halogens is 2. The summed E-state index contributed by atoms with van der Waals surface area (Å²) < 4.78 is 67.9. The molecule has 4 heterocycles. The Morgan fingerprint density at radius 3 is 0.857 bits per heavy atom. The minimum Gasteiger partial charge on any atom is -0.457 e. The van der Waals surface area contributed by atoms with Crippen LogP contribution in [0.4, 0.5) is 0 Å². The Morgan fingerprint density at radius 1 is 0.393 bits per heavy atom. The van der Waals surface area contributed by atoms with Crippen LogP contribution in [0.15, 0.2) is 146 Å². The minimum atomic E-state index is -4.94. The quantitative estimate of drug-likeness (QED) is 0.139. The molecule has 6 aromatic rings. The molecule has 0 bridgehead atoms. The monoisotopic (exact) mass is 853 g/mol. The number of hydrogen-bond acceptors (Lipinski definition) is 12. The van der Waals surface area contributed by atoms with Gasteiger partial charge in [-0.3, -0.25) is 19.8 Å². The molecule has 0 fully saturated rings. The van der Waals surface area contributed by atoms with Crippen LogP contribution < -0.4 is 37.3 Å². The van der Waals surface area contributed by atoms with Crippen LogP contribution in [0, 0.1) is 20.5 Å². The minimum absolute atomic E-state index is 0. The SMILES string of the molecule is [O-][Cl+3]([O-])([O-])[O-].[O-][Cl+3]([O-])([O-])[O-].[OH3+].[Zn+2].c1ccc(CN2Cc3ccccc3-c3ccccc3C2)nc1.c1ccc(CN2Cc3ccccc3-c3ccccc3C2)nc1. The van der Waals surface area contributed by atoms with Gasteiger partial charge in [-0.05, 0) is 68.8 Å². The van der Waals surface area contributed by atoms with E-state index in [1.54, 1.807) is 0 Å². The predicted molar refractivity (Wildman–Crippen MR) is 183 cm³/mol. The molecule has 0 atom stereocenters. The second-order valence-electron chi connectivity index (χ2n) is 12.3. The summed E-state index contributed by atoms with van der Waals surface area (Å²) >= 11 is 0. The zero-order chi connectivity index (χ0) is 38.6. The third-order valence-electron chi connectivity index (χ3n) is 8.45. The summed E-state index contributed by atoms with van der Waals surface area (Å²) in [5, 5.41) is 0. The number of rotatable bonds is 4. The smallest absolute Gasteiger partial charge is 0.457 e. The summed E-state index contributed by atoms with van der Waals surface area (Å²) in [4.78, 5) is 13.9. The fourth-order valence-corrected chi connectivity index (χ4v) is 6.42. The van der Waals surface area contributed by atoms with E-state index < -0.39 is 20.5 Å². The summed E-state index contributed by atoms with van der Waals surface area (Å²) in [6.07, 6.45) is 3.74. The molecule has 56 heavy (non-hydrogen) atoms. The van der Waals surface area contributed by atoms with Crippen molar-refractivity contribution >= 4 is 0 Å². The number of fused-ring (bicyclic) bond motifs is 6. The summed E-state index contributed by atoms with van der Waals surface area (Å²) in [6, 6.07) is 47.2. The fraction of sp³-hybridized carbons (Fsp3) is 0.150. The summed E-state index contributed by atoms with van der Waals surface area (Å²) in [7, 11) is -9.89. The molecule has 2 aliphatic rings. The van der Waals surface area contributed by atoms with Crippen molar-refractivity contribution in [3.63, 3.8) is 0 Å². The van der Waals surface area contributed by atoms with Crippen molar-refractivity contribution in [1.82, 2.24) is 19.8 Å². The third kappa shape index (κ3) is 15.5. The van der Waals surface area contributed by atoms with Crippen LogP contribution in [-0.2, 0) is 64.2 Å². The summed E-state index contributed by atoms with van der Waals surface area (Å²) in [5.74, 6) is 0. The first-order chi connectivity index (χ1) is 25.8. The van der Waals surface area contributed by atoms with Gasteiger partial charge in [-0.2, -0.15) is 0 Å². The van der Waals surface area contributed by atoms with Crippen molar-refractivity contribution in [3.8, 4) is 22.3 Å². The van der Waals surface area contributed by atoms with Gasteiger partial charge in [-0.25, -0.2) is 37.3 Å². The van der Waals surface area contributed by atoms with E-state index in [-0.39, 0.29) is 25.0 Å². The second-order valence-corrected chi connectivity index (χ2v) is 13.8. The van der Waals surface area contributed by atoms with Gasteiger partial charge < -0.3 is 5.48 Å². The van der Waals surface area contributed by atoms with Crippen molar-refractivity contribution in [3.05, 3.63) is 179 Å². The first-order valence-electron chi connectivity index (χ1n) is 16.6. The molecule has 0 saturated heterocycles. The maximum atomic E-state index is 8.49. The molecule has 16 heteroatoms. The van der Waals surface area contributed by atoms with Gasteiger partial charge >= 0.3 is 19.5 Å². The molecule has 288 valence electrons. The standard InChI is InChI=1S/2C20H18N2.2ClHO4.H2O.Zn/c2*1-3-10-19-16(7-1)13-22(15-18-9-5-6-12-21-18)14-17-8-2-4-11-20(17)19;2*2-1(3,4)5;;/h2*1-12H,13-15H2;2*(H,2,3,4,5);1H2;/q;;;;;+2/p-1. The molecule has 13 nitrogen and oxygen atoms in total. The summed E-state index contributed by atoms with van der Waals surface area (Å²) in [6.45, 7) is 5.60. The number of aromatic nitrogens is 2. The van der Waals surface area contributed by atoms with Crippen molar-refractivity contribution < 1.29 is 82.7 Å². The van der Waals surface area contributed by atoms with Gasteiger partial charge in [-0.15, -0.1) is 20.5 Å². The molecule has 0 unspecified atom stereocenters. The van der Waals surface area contributed by atoms with Crippen molar-refractivity contribution in [2.45, 2.75) is 39.3 Å². The zero-order valence-electron chi connectivity index (χ0n) is 30.2. The molecule has 0 aliphatic carbocycles. The molecule has 0 saturated carbocycles.